The van der Waals surface area contributed by atoms with Gasteiger partial charge in [0, 0.05) is 20.0 Å². The molecular weight excluding hydrogens is 284 g/mol. The number of piperidine rings is 1. The summed E-state index contributed by atoms with van der Waals surface area (Å²) in [5.74, 6) is 1.54. The molecule has 1 aliphatic rings. The summed E-state index contributed by atoms with van der Waals surface area (Å²) in [5, 5.41) is 3.40. The maximum Gasteiger partial charge on any atom is 0.222 e. The molecular formula is C20H32N2O. The predicted octanol–water partition coefficient (Wildman–Crippen LogP) is 3.49. The Balaban J connectivity index is 1.62. The lowest BCUT2D eigenvalue weighted by Crippen LogP contribution is -2.34. The highest BCUT2D eigenvalue weighted by molar-refractivity contribution is 5.76. The number of benzene rings is 1. The normalized spacial score (nSPS) is 17.0. The van der Waals surface area contributed by atoms with Gasteiger partial charge in [-0.2, -0.15) is 0 Å². The van der Waals surface area contributed by atoms with E-state index in [1.807, 2.05) is 11.9 Å². The van der Waals surface area contributed by atoms with Crippen molar-refractivity contribution < 1.29 is 4.79 Å². The number of rotatable bonds is 8. The molecule has 1 aliphatic heterocycles. The van der Waals surface area contributed by atoms with Crippen LogP contribution in [-0.2, 0) is 11.2 Å². The fraction of sp³-hybridized carbons (Fsp3) is 0.650. The highest BCUT2D eigenvalue weighted by atomic mass is 16.2. The Morgan fingerprint density at radius 3 is 2.61 bits per heavy atom. The van der Waals surface area contributed by atoms with Gasteiger partial charge in [-0.3, -0.25) is 4.79 Å². The zero-order valence-corrected chi connectivity index (χ0v) is 14.8. The molecule has 0 radical (unpaired) electrons. The lowest BCUT2D eigenvalue weighted by Gasteiger charge is -2.29. The Kier molecular flexibility index (Phi) is 7.60. The monoisotopic (exact) mass is 316 g/mol. The smallest absolute Gasteiger partial charge is 0.222 e. The zero-order chi connectivity index (χ0) is 16.5. The van der Waals surface area contributed by atoms with Crippen molar-refractivity contribution in [2.45, 2.75) is 45.4 Å². The van der Waals surface area contributed by atoms with Crippen LogP contribution in [0.4, 0.5) is 0 Å². The maximum atomic E-state index is 12.4. The van der Waals surface area contributed by atoms with Crippen molar-refractivity contribution in [2.75, 3.05) is 26.7 Å². The molecule has 0 bridgehead atoms. The first-order chi connectivity index (χ1) is 11.2. The lowest BCUT2D eigenvalue weighted by atomic mass is 9.84. The van der Waals surface area contributed by atoms with Crippen LogP contribution >= 0.6 is 0 Å². The second-order valence-electron chi connectivity index (χ2n) is 7.03. The molecule has 1 aromatic carbocycles. The van der Waals surface area contributed by atoms with E-state index < -0.39 is 0 Å². The lowest BCUT2D eigenvalue weighted by molar-refractivity contribution is -0.131. The van der Waals surface area contributed by atoms with Crippen molar-refractivity contribution >= 4 is 5.91 Å². The number of carbonyl (C=O) groups excluding carboxylic acids is 1. The van der Waals surface area contributed by atoms with E-state index in [9.17, 15) is 4.79 Å². The number of hydrogen-bond donors (Lipinski definition) is 1. The van der Waals surface area contributed by atoms with Crippen LogP contribution in [0.5, 0.6) is 0 Å². The van der Waals surface area contributed by atoms with Crippen LogP contribution in [0.15, 0.2) is 30.3 Å². The number of amides is 1. The van der Waals surface area contributed by atoms with E-state index in [4.69, 9.17) is 0 Å². The van der Waals surface area contributed by atoms with Crippen molar-refractivity contribution in [1.29, 1.82) is 0 Å². The van der Waals surface area contributed by atoms with Crippen LogP contribution in [0.25, 0.3) is 0 Å². The largest absolute Gasteiger partial charge is 0.346 e. The Labute approximate surface area is 141 Å². The van der Waals surface area contributed by atoms with Crippen molar-refractivity contribution in [3.8, 4) is 0 Å². The van der Waals surface area contributed by atoms with Crippen molar-refractivity contribution in [3.05, 3.63) is 35.9 Å². The van der Waals surface area contributed by atoms with Gasteiger partial charge in [-0.05, 0) is 62.6 Å². The number of hydrogen-bond acceptors (Lipinski definition) is 2. The number of nitrogens with one attached hydrogen (secondary N) is 1. The molecule has 2 rings (SSSR count). The molecule has 1 fully saturated rings. The molecule has 1 N–H and O–H groups in total. The summed E-state index contributed by atoms with van der Waals surface area (Å²) in [7, 11) is 1.96. The molecule has 0 aliphatic carbocycles. The van der Waals surface area contributed by atoms with Gasteiger partial charge >= 0.3 is 0 Å². The van der Waals surface area contributed by atoms with Crippen molar-refractivity contribution in [2.24, 2.45) is 11.8 Å². The predicted molar refractivity (Wildman–Crippen MR) is 96.4 cm³/mol. The van der Waals surface area contributed by atoms with Gasteiger partial charge in [0.25, 0.3) is 0 Å². The Hall–Kier alpha value is -1.35. The maximum absolute atomic E-state index is 12.4. The SMILES string of the molecule is CC(CC(=O)N(C)CCCCc1ccccc1)C1CCNCC1. The van der Waals surface area contributed by atoms with Gasteiger partial charge in [-0.25, -0.2) is 0 Å². The highest BCUT2D eigenvalue weighted by Crippen LogP contribution is 2.24. The molecule has 1 saturated heterocycles. The number of nitrogens with zero attached hydrogens (tertiary/aromatic N) is 1. The fourth-order valence-electron chi connectivity index (χ4n) is 3.46. The van der Waals surface area contributed by atoms with E-state index in [1.165, 1.54) is 18.4 Å². The summed E-state index contributed by atoms with van der Waals surface area (Å²) in [5.41, 5.74) is 1.39. The molecule has 128 valence electrons. The summed E-state index contributed by atoms with van der Waals surface area (Å²) < 4.78 is 0. The molecule has 1 unspecified atom stereocenters. The van der Waals surface area contributed by atoms with E-state index >= 15 is 0 Å². The molecule has 1 atom stereocenters. The second-order valence-corrected chi connectivity index (χ2v) is 7.03. The molecule has 0 aromatic heterocycles. The molecule has 1 aromatic rings. The fourth-order valence-corrected chi connectivity index (χ4v) is 3.46. The summed E-state index contributed by atoms with van der Waals surface area (Å²) in [6.45, 7) is 5.35. The molecule has 1 amide bonds. The van der Waals surface area contributed by atoms with E-state index in [0.29, 0.717) is 24.2 Å². The Morgan fingerprint density at radius 2 is 1.91 bits per heavy atom. The van der Waals surface area contributed by atoms with E-state index in [1.54, 1.807) is 0 Å². The molecule has 3 heteroatoms. The van der Waals surface area contributed by atoms with Crippen molar-refractivity contribution in [3.63, 3.8) is 0 Å². The van der Waals surface area contributed by atoms with Gasteiger partial charge in [-0.15, -0.1) is 0 Å². The van der Waals surface area contributed by atoms with Gasteiger partial charge < -0.3 is 10.2 Å². The zero-order valence-electron chi connectivity index (χ0n) is 14.8. The van der Waals surface area contributed by atoms with Gasteiger partial charge in [0.1, 0.15) is 0 Å². The summed E-state index contributed by atoms with van der Waals surface area (Å²) in [6, 6.07) is 10.6. The van der Waals surface area contributed by atoms with Crippen LogP contribution in [0.2, 0.25) is 0 Å². The first kappa shape index (κ1) is 18.0. The third-order valence-electron chi connectivity index (χ3n) is 5.16. The van der Waals surface area contributed by atoms with Crippen LogP contribution in [0.1, 0.15) is 44.6 Å². The third-order valence-corrected chi connectivity index (χ3v) is 5.16. The average molecular weight is 316 g/mol. The molecule has 1 heterocycles. The van der Waals surface area contributed by atoms with E-state index in [2.05, 4.69) is 42.6 Å². The Morgan fingerprint density at radius 1 is 1.22 bits per heavy atom. The quantitative estimate of drug-likeness (QED) is 0.745. The Bertz CT molecular complexity index is 454. The van der Waals surface area contributed by atoms with Crippen LogP contribution in [0, 0.1) is 11.8 Å². The molecule has 23 heavy (non-hydrogen) atoms. The van der Waals surface area contributed by atoms with Gasteiger partial charge in [0.2, 0.25) is 5.91 Å². The highest BCUT2D eigenvalue weighted by Gasteiger charge is 2.23. The summed E-state index contributed by atoms with van der Waals surface area (Å²) in [4.78, 5) is 14.3. The number of unbranched alkanes of at least 4 members (excludes halogenated alkanes) is 1. The number of aryl methyl sites for hydroxylation is 1. The summed E-state index contributed by atoms with van der Waals surface area (Å²) >= 11 is 0. The molecule has 0 spiro atoms. The molecule has 0 saturated carbocycles. The topological polar surface area (TPSA) is 32.3 Å². The standard InChI is InChI=1S/C20H32N2O/c1-17(19-11-13-21-14-12-19)16-20(23)22(2)15-7-6-10-18-8-4-3-5-9-18/h3-5,8-9,17,19,21H,6-7,10-16H2,1-2H3. The average Bonchev–Trinajstić information content (AvgIpc) is 2.60. The minimum atomic E-state index is 0.316. The van der Waals surface area contributed by atoms with Crippen LogP contribution in [0.3, 0.4) is 0 Å². The van der Waals surface area contributed by atoms with Gasteiger partial charge in [-0.1, -0.05) is 37.3 Å². The van der Waals surface area contributed by atoms with Crippen LogP contribution < -0.4 is 5.32 Å². The minimum absolute atomic E-state index is 0.316. The summed E-state index contributed by atoms with van der Waals surface area (Å²) in [6.07, 6.45) is 6.48. The van der Waals surface area contributed by atoms with Crippen LogP contribution in [-0.4, -0.2) is 37.5 Å². The minimum Gasteiger partial charge on any atom is -0.346 e. The van der Waals surface area contributed by atoms with Gasteiger partial charge in [0.05, 0.1) is 0 Å². The first-order valence-electron chi connectivity index (χ1n) is 9.15. The van der Waals surface area contributed by atoms with Crippen molar-refractivity contribution in [1.82, 2.24) is 10.2 Å². The molecule has 3 nitrogen and oxygen atoms in total. The van der Waals surface area contributed by atoms with Gasteiger partial charge in [0.15, 0.2) is 0 Å². The van der Waals surface area contributed by atoms with E-state index in [-0.39, 0.29) is 0 Å². The van der Waals surface area contributed by atoms with E-state index in [0.717, 1.165) is 38.9 Å². The number of carbonyl (C=O) groups is 1. The second kappa shape index (κ2) is 9.71. The third kappa shape index (κ3) is 6.34. The first-order valence-corrected chi connectivity index (χ1v) is 9.15.